The lowest BCUT2D eigenvalue weighted by Crippen LogP contribution is -2.34. The SMILES string of the molecule is CC(C)(C)OC(=O)NCCOCCOCCNCCOCCOCc1ccccc1. The van der Waals surface area contributed by atoms with Gasteiger partial charge >= 0.3 is 6.09 Å². The van der Waals surface area contributed by atoms with E-state index >= 15 is 0 Å². The van der Waals surface area contributed by atoms with Crippen molar-refractivity contribution in [2.75, 3.05) is 65.9 Å². The number of carbonyl (C=O) groups is 1. The Hall–Kier alpha value is -1.71. The van der Waals surface area contributed by atoms with Gasteiger partial charge < -0.3 is 34.3 Å². The van der Waals surface area contributed by atoms with E-state index < -0.39 is 11.7 Å². The average Bonchev–Trinajstić information content (AvgIpc) is 2.69. The molecular formula is C22H38N2O6. The molecule has 0 saturated carbocycles. The Morgan fingerprint density at radius 1 is 0.767 bits per heavy atom. The normalized spacial score (nSPS) is 11.4. The van der Waals surface area contributed by atoms with Gasteiger partial charge in [-0.05, 0) is 26.3 Å². The third-order valence-electron chi connectivity index (χ3n) is 3.62. The highest BCUT2D eigenvalue weighted by molar-refractivity contribution is 5.67. The van der Waals surface area contributed by atoms with Crippen LogP contribution < -0.4 is 10.6 Å². The van der Waals surface area contributed by atoms with Gasteiger partial charge in [0, 0.05) is 19.6 Å². The zero-order chi connectivity index (χ0) is 21.9. The Balaban J connectivity index is 1.73. The van der Waals surface area contributed by atoms with Crippen LogP contribution in [0.2, 0.25) is 0 Å². The molecule has 1 aromatic carbocycles. The van der Waals surface area contributed by atoms with Crippen molar-refractivity contribution in [3.63, 3.8) is 0 Å². The van der Waals surface area contributed by atoms with Gasteiger partial charge in [0.15, 0.2) is 0 Å². The number of carbonyl (C=O) groups excluding carboxylic acids is 1. The molecule has 172 valence electrons. The second-order valence-corrected chi connectivity index (χ2v) is 7.55. The number of alkyl carbamates (subject to hydrolysis) is 1. The topological polar surface area (TPSA) is 87.3 Å². The van der Waals surface area contributed by atoms with Crippen molar-refractivity contribution in [3.8, 4) is 0 Å². The van der Waals surface area contributed by atoms with Crippen LogP contribution >= 0.6 is 0 Å². The number of amides is 1. The number of hydrogen-bond donors (Lipinski definition) is 2. The first-order valence-electron chi connectivity index (χ1n) is 10.5. The van der Waals surface area contributed by atoms with E-state index in [9.17, 15) is 4.79 Å². The van der Waals surface area contributed by atoms with Gasteiger partial charge in [-0.25, -0.2) is 4.79 Å². The molecule has 1 rings (SSSR count). The summed E-state index contributed by atoms with van der Waals surface area (Å²) in [5, 5.41) is 5.89. The standard InChI is InChI=1S/C22H38N2O6/c1-22(2,3)30-21(25)24-11-14-28-16-15-26-12-9-23-10-13-27-17-18-29-19-20-7-5-4-6-8-20/h4-8,23H,9-19H2,1-3H3,(H,24,25). The molecule has 0 heterocycles. The summed E-state index contributed by atoms with van der Waals surface area (Å²) in [6.07, 6.45) is -0.433. The van der Waals surface area contributed by atoms with E-state index in [2.05, 4.69) is 10.6 Å². The molecule has 0 atom stereocenters. The highest BCUT2D eigenvalue weighted by Gasteiger charge is 2.15. The Kier molecular flexibility index (Phi) is 14.9. The van der Waals surface area contributed by atoms with E-state index in [1.807, 2.05) is 51.1 Å². The highest BCUT2D eigenvalue weighted by atomic mass is 16.6. The van der Waals surface area contributed by atoms with Crippen LogP contribution in [0, 0.1) is 0 Å². The third kappa shape index (κ3) is 17.2. The predicted octanol–water partition coefficient (Wildman–Crippen LogP) is 2.37. The van der Waals surface area contributed by atoms with Crippen LogP contribution in [0.5, 0.6) is 0 Å². The second-order valence-electron chi connectivity index (χ2n) is 7.55. The third-order valence-corrected chi connectivity index (χ3v) is 3.62. The molecule has 8 heteroatoms. The summed E-state index contributed by atoms with van der Waals surface area (Å²) in [4.78, 5) is 11.4. The second kappa shape index (κ2) is 17.0. The lowest BCUT2D eigenvalue weighted by molar-refractivity contribution is 0.0367. The molecule has 0 saturated heterocycles. The van der Waals surface area contributed by atoms with Crippen molar-refractivity contribution in [2.24, 2.45) is 0 Å². The lowest BCUT2D eigenvalue weighted by Gasteiger charge is -2.19. The van der Waals surface area contributed by atoms with Crippen LogP contribution in [0.1, 0.15) is 26.3 Å². The van der Waals surface area contributed by atoms with E-state index in [1.165, 1.54) is 5.56 Å². The van der Waals surface area contributed by atoms with Crippen molar-refractivity contribution < 1.29 is 28.5 Å². The Bertz CT molecular complexity index is 536. The molecular weight excluding hydrogens is 388 g/mol. The van der Waals surface area contributed by atoms with Crippen molar-refractivity contribution in [1.82, 2.24) is 10.6 Å². The Morgan fingerprint density at radius 3 is 1.87 bits per heavy atom. The van der Waals surface area contributed by atoms with Gasteiger partial charge in [-0.3, -0.25) is 0 Å². The maximum atomic E-state index is 11.4. The first kappa shape index (κ1) is 26.3. The molecule has 0 aromatic heterocycles. The van der Waals surface area contributed by atoms with Crippen molar-refractivity contribution in [1.29, 1.82) is 0 Å². The van der Waals surface area contributed by atoms with Crippen molar-refractivity contribution in [3.05, 3.63) is 35.9 Å². The van der Waals surface area contributed by atoms with E-state index in [1.54, 1.807) is 0 Å². The van der Waals surface area contributed by atoms with E-state index in [0.717, 1.165) is 13.1 Å². The Morgan fingerprint density at radius 2 is 1.30 bits per heavy atom. The summed E-state index contributed by atoms with van der Waals surface area (Å²) >= 11 is 0. The Labute approximate surface area is 180 Å². The molecule has 8 nitrogen and oxygen atoms in total. The maximum Gasteiger partial charge on any atom is 0.407 e. The summed E-state index contributed by atoms with van der Waals surface area (Å²) in [5.74, 6) is 0. The molecule has 30 heavy (non-hydrogen) atoms. The van der Waals surface area contributed by atoms with Crippen LogP contribution in [-0.4, -0.2) is 77.6 Å². The largest absolute Gasteiger partial charge is 0.444 e. The molecule has 0 fully saturated rings. The molecule has 1 aromatic rings. The zero-order valence-corrected chi connectivity index (χ0v) is 18.6. The fourth-order valence-electron chi connectivity index (χ4n) is 2.26. The van der Waals surface area contributed by atoms with Gasteiger partial charge in [-0.2, -0.15) is 0 Å². The molecule has 0 aliphatic rings. The summed E-state index contributed by atoms with van der Waals surface area (Å²) < 4.78 is 27.0. The van der Waals surface area contributed by atoms with Crippen LogP contribution in [0.15, 0.2) is 30.3 Å². The fraction of sp³-hybridized carbons (Fsp3) is 0.682. The summed E-state index contributed by atoms with van der Waals surface area (Å²) in [5.41, 5.74) is 0.678. The summed E-state index contributed by atoms with van der Waals surface area (Å²) in [6, 6.07) is 10.1. The first-order chi connectivity index (χ1) is 14.5. The van der Waals surface area contributed by atoms with Crippen LogP contribution in [0.4, 0.5) is 4.79 Å². The molecule has 0 radical (unpaired) electrons. The quantitative estimate of drug-likeness (QED) is 0.370. The van der Waals surface area contributed by atoms with Crippen LogP contribution in [-0.2, 0) is 30.3 Å². The van der Waals surface area contributed by atoms with Gasteiger partial charge in [0.05, 0.1) is 52.9 Å². The average molecular weight is 427 g/mol. The monoisotopic (exact) mass is 426 g/mol. The molecule has 0 aliphatic heterocycles. The summed E-state index contributed by atoms with van der Waals surface area (Å²) in [6.45, 7) is 11.9. The number of rotatable bonds is 17. The fourth-order valence-corrected chi connectivity index (χ4v) is 2.26. The van der Waals surface area contributed by atoms with E-state index in [4.69, 9.17) is 23.7 Å². The molecule has 0 spiro atoms. The number of benzene rings is 1. The number of hydrogen-bond acceptors (Lipinski definition) is 7. The first-order valence-corrected chi connectivity index (χ1v) is 10.5. The maximum absolute atomic E-state index is 11.4. The number of ether oxygens (including phenoxy) is 5. The van der Waals surface area contributed by atoms with E-state index in [-0.39, 0.29) is 0 Å². The van der Waals surface area contributed by atoms with Gasteiger partial charge in [0.1, 0.15) is 5.60 Å². The van der Waals surface area contributed by atoms with Crippen LogP contribution in [0.25, 0.3) is 0 Å². The molecule has 0 aliphatic carbocycles. The van der Waals surface area contributed by atoms with Gasteiger partial charge in [-0.15, -0.1) is 0 Å². The van der Waals surface area contributed by atoms with Gasteiger partial charge in [0.2, 0.25) is 0 Å². The zero-order valence-electron chi connectivity index (χ0n) is 18.6. The van der Waals surface area contributed by atoms with Gasteiger partial charge in [0.25, 0.3) is 0 Å². The van der Waals surface area contributed by atoms with Crippen LogP contribution in [0.3, 0.4) is 0 Å². The molecule has 2 N–H and O–H groups in total. The minimum absolute atomic E-state index is 0.410. The minimum Gasteiger partial charge on any atom is -0.444 e. The van der Waals surface area contributed by atoms with Crippen molar-refractivity contribution >= 4 is 6.09 Å². The van der Waals surface area contributed by atoms with Gasteiger partial charge in [-0.1, -0.05) is 30.3 Å². The number of nitrogens with one attached hydrogen (secondary N) is 2. The molecule has 0 unspecified atom stereocenters. The highest BCUT2D eigenvalue weighted by Crippen LogP contribution is 2.06. The molecule has 1 amide bonds. The van der Waals surface area contributed by atoms with E-state index in [0.29, 0.717) is 59.4 Å². The van der Waals surface area contributed by atoms with Crippen molar-refractivity contribution in [2.45, 2.75) is 33.0 Å². The minimum atomic E-state index is -0.490. The smallest absolute Gasteiger partial charge is 0.407 e. The molecule has 0 bridgehead atoms. The predicted molar refractivity (Wildman–Crippen MR) is 116 cm³/mol. The summed E-state index contributed by atoms with van der Waals surface area (Å²) in [7, 11) is 0. The lowest BCUT2D eigenvalue weighted by atomic mass is 10.2.